The van der Waals surface area contributed by atoms with Gasteiger partial charge in [-0.1, -0.05) is 23.7 Å². The molecule has 2 aromatic carbocycles. The van der Waals surface area contributed by atoms with Crippen LogP contribution in [-0.2, 0) is 4.74 Å². The van der Waals surface area contributed by atoms with Gasteiger partial charge in [0.1, 0.15) is 0 Å². The second kappa shape index (κ2) is 7.24. The molecule has 0 spiro atoms. The highest BCUT2D eigenvalue weighted by Crippen LogP contribution is 2.25. The van der Waals surface area contributed by atoms with Gasteiger partial charge in [-0.25, -0.2) is 0 Å². The predicted molar refractivity (Wildman–Crippen MR) is 98.1 cm³/mol. The van der Waals surface area contributed by atoms with E-state index in [0.29, 0.717) is 22.7 Å². The molecule has 1 aliphatic heterocycles. The molecule has 4 nitrogen and oxygen atoms in total. The van der Waals surface area contributed by atoms with Crippen LogP contribution in [0.25, 0.3) is 0 Å². The van der Waals surface area contributed by atoms with Crippen LogP contribution in [0.4, 0.5) is 11.4 Å². The number of benzene rings is 2. The molecule has 1 amide bonds. The molecule has 2 unspecified atom stereocenters. The zero-order chi connectivity index (χ0) is 17.1. The largest absolute Gasteiger partial charge is 0.377 e. The Morgan fingerprint density at radius 2 is 1.71 bits per heavy atom. The third-order valence-corrected chi connectivity index (χ3v) is 4.54. The highest BCUT2D eigenvalue weighted by Gasteiger charge is 2.25. The fourth-order valence-electron chi connectivity index (χ4n) is 3.07. The molecule has 1 heterocycles. The van der Waals surface area contributed by atoms with E-state index < -0.39 is 0 Å². The molecule has 1 fully saturated rings. The molecule has 0 radical (unpaired) electrons. The number of hydrogen-bond acceptors (Lipinski definition) is 3. The fourth-order valence-corrected chi connectivity index (χ4v) is 3.30. The highest BCUT2D eigenvalue weighted by molar-refractivity contribution is 6.34. The summed E-state index contributed by atoms with van der Waals surface area (Å²) in [5.74, 6) is -0.207. The van der Waals surface area contributed by atoms with Crippen LogP contribution in [-0.4, -0.2) is 31.2 Å². The molecule has 1 N–H and O–H groups in total. The molecule has 0 saturated carbocycles. The lowest BCUT2D eigenvalue weighted by molar-refractivity contribution is 0.0757. The molecule has 2 aromatic rings. The van der Waals surface area contributed by atoms with Crippen molar-refractivity contribution in [1.29, 1.82) is 0 Å². The van der Waals surface area contributed by atoms with Crippen molar-refractivity contribution in [3.05, 3.63) is 59.1 Å². The highest BCUT2D eigenvalue weighted by atomic mass is 35.5. The average molecular weight is 345 g/mol. The molecule has 126 valence electrons. The first-order chi connectivity index (χ1) is 11.6. The summed E-state index contributed by atoms with van der Waals surface area (Å²) in [4.78, 5) is 14.7. The van der Waals surface area contributed by atoms with Gasteiger partial charge in [0, 0.05) is 23.5 Å². The summed E-state index contributed by atoms with van der Waals surface area (Å²) in [7, 11) is 0. The summed E-state index contributed by atoms with van der Waals surface area (Å²) < 4.78 is 5.57. The van der Waals surface area contributed by atoms with E-state index in [9.17, 15) is 4.79 Å². The SMILES string of the molecule is CC1COCC(C)N1c1ccc(NC(=O)c2ccccc2Cl)cc1. The minimum atomic E-state index is -0.207. The lowest BCUT2D eigenvalue weighted by Gasteiger charge is -2.40. The first-order valence-electron chi connectivity index (χ1n) is 8.08. The van der Waals surface area contributed by atoms with Gasteiger partial charge < -0.3 is 15.0 Å². The van der Waals surface area contributed by atoms with Gasteiger partial charge in [-0.15, -0.1) is 0 Å². The average Bonchev–Trinajstić information content (AvgIpc) is 2.56. The topological polar surface area (TPSA) is 41.6 Å². The zero-order valence-corrected chi connectivity index (χ0v) is 14.6. The Morgan fingerprint density at radius 1 is 1.08 bits per heavy atom. The molecular weight excluding hydrogens is 324 g/mol. The van der Waals surface area contributed by atoms with Crippen molar-refractivity contribution in [3.8, 4) is 0 Å². The van der Waals surface area contributed by atoms with Gasteiger partial charge in [-0.05, 0) is 50.2 Å². The molecule has 1 aliphatic rings. The number of morpholine rings is 1. The number of ether oxygens (including phenoxy) is 1. The number of rotatable bonds is 3. The van der Waals surface area contributed by atoms with Crippen LogP contribution in [0, 0.1) is 0 Å². The number of carbonyl (C=O) groups excluding carboxylic acids is 1. The maximum Gasteiger partial charge on any atom is 0.257 e. The van der Waals surface area contributed by atoms with Crippen molar-refractivity contribution in [2.24, 2.45) is 0 Å². The molecule has 24 heavy (non-hydrogen) atoms. The summed E-state index contributed by atoms with van der Waals surface area (Å²) in [5.41, 5.74) is 2.35. The van der Waals surface area contributed by atoms with E-state index in [1.807, 2.05) is 24.3 Å². The maximum absolute atomic E-state index is 12.3. The van der Waals surface area contributed by atoms with E-state index >= 15 is 0 Å². The van der Waals surface area contributed by atoms with E-state index in [-0.39, 0.29) is 5.91 Å². The van der Waals surface area contributed by atoms with Gasteiger partial charge in [0.25, 0.3) is 5.91 Å². The van der Waals surface area contributed by atoms with Gasteiger partial charge in [0.2, 0.25) is 0 Å². The van der Waals surface area contributed by atoms with E-state index in [4.69, 9.17) is 16.3 Å². The van der Waals surface area contributed by atoms with E-state index in [1.54, 1.807) is 24.3 Å². The number of hydrogen-bond donors (Lipinski definition) is 1. The molecule has 0 aromatic heterocycles. The van der Waals surface area contributed by atoms with Gasteiger partial charge in [0.05, 0.1) is 23.8 Å². The lowest BCUT2D eigenvalue weighted by Crippen LogP contribution is -2.49. The minimum absolute atomic E-state index is 0.207. The molecule has 3 rings (SSSR count). The Balaban J connectivity index is 1.73. The molecule has 2 atom stereocenters. The summed E-state index contributed by atoms with van der Waals surface area (Å²) in [6.07, 6.45) is 0. The van der Waals surface area contributed by atoms with Crippen LogP contribution < -0.4 is 10.2 Å². The fraction of sp³-hybridized carbons (Fsp3) is 0.316. The van der Waals surface area contributed by atoms with Crippen LogP contribution in [0.5, 0.6) is 0 Å². The number of nitrogens with one attached hydrogen (secondary N) is 1. The zero-order valence-electron chi connectivity index (χ0n) is 13.8. The van der Waals surface area contributed by atoms with Crippen molar-refractivity contribution >= 4 is 28.9 Å². The van der Waals surface area contributed by atoms with Crippen LogP contribution in [0.2, 0.25) is 5.02 Å². The minimum Gasteiger partial charge on any atom is -0.377 e. The Labute approximate surface area is 147 Å². The Morgan fingerprint density at radius 3 is 2.33 bits per heavy atom. The van der Waals surface area contributed by atoms with Gasteiger partial charge in [-0.2, -0.15) is 0 Å². The quantitative estimate of drug-likeness (QED) is 0.907. The Bertz CT molecular complexity index is 708. The smallest absolute Gasteiger partial charge is 0.257 e. The van der Waals surface area contributed by atoms with E-state index in [0.717, 1.165) is 24.6 Å². The van der Waals surface area contributed by atoms with Crippen LogP contribution >= 0.6 is 11.6 Å². The molecular formula is C19H21ClN2O2. The number of halogens is 1. The first-order valence-corrected chi connectivity index (χ1v) is 8.46. The van der Waals surface area contributed by atoms with Gasteiger partial charge >= 0.3 is 0 Å². The van der Waals surface area contributed by atoms with Gasteiger partial charge in [-0.3, -0.25) is 4.79 Å². The number of nitrogens with zero attached hydrogens (tertiary/aromatic N) is 1. The van der Waals surface area contributed by atoms with Crippen molar-refractivity contribution in [3.63, 3.8) is 0 Å². The van der Waals surface area contributed by atoms with Crippen molar-refractivity contribution in [2.75, 3.05) is 23.4 Å². The number of amides is 1. The summed E-state index contributed by atoms with van der Waals surface area (Å²) in [6, 6.07) is 15.6. The maximum atomic E-state index is 12.3. The summed E-state index contributed by atoms with van der Waals surface area (Å²) in [6.45, 7) is 5.77. The predicted octanol–water partition coefficient (Wildman–Crippen LogP) is 4.21. The van der Waals surface area contributed by atoms with Crippen LogP contribution in [0.3, 0.4) is 0 Å². The summed E-state index contributed by atoms with van der Waals surface area (Å²) >= 11 is 6.06. The van der Waals surface area contributed by atoms with Crippen molar-refractivity contribution in [1.82, 2.24) is 0 Å². The third-order valence-electron chi connectivity index (χ3n) is 4.21. The number of carbonyl (C=O) groups is 1. The Hall–Kier alpha value is -2.04. The third kappa shape index (κ3) is 3.55. The monoisotopic (exact) mass is 344 g/mol. The Kier molecular flexibility index (Phi) is 5.07. The lowest BCUT2D eigenvalue weighted by atomic mass is 10.1. The molecule has 0 bridgehead atoms. The van der Waals surface area contributed by atoms with Crippen LogP contribution in [0.1, 0.15) is 24.2 Å². The van der Waals surface area contributed by atoms with E-state index in [1.165, 1.54) is 0 Å². The number of anilines is 2. The second-order valence-corrected chi connectivity index (χ2v) is 6.53. The van der Waals surface area contributed by atoms with Crippen molar-refractivity contribution < 1.29 is 9.53 Å². The normalized spacial score (nSPS) is 20.7. The molecule has 5 heteroatoms. The second-order valence-electron chi connectivity index (χ2n) is 6.12. The van der Waals surface area contributed by atoms with Gasteiger partial charge in [0.15, 0.2) is 0 Å². The van der Waals surface area contributed by atoms with E-state index in [2.05, 4.69) is 24.1 Å². The summed E-state index contributed by atoms with van der Waals surface area (Å²) in [5, 5.41) is 3.33. The molecule has 0 aliphatic carbocycles. The molecule has 1 saturated heterocycles. The standard InChI is InChI=1S/C19H21ClN2O2/c1-13-11-24-12-14(2)22(13)16-9-7-15(8-10-16)21-19(23)17-5-3-4-6-18(17)20/h3-10,13-14H,11-12H2,1-2H3,(H,21,23). The van der Waals surface area contributed by atoms with Crippen molar-refractivity contribution in [2.45, 2.75) is 25.9 Å². The van der Waals surface area contributed by atoms with Crippen LogP contribution in [0.15, 0.2) is 48.5 Å². The first kappa shape index (κ1) is 16.8.